The lowest BCUT2D eigenvalue weighted by atomic mass is 10.1. The van der Waals surface area contributed by atoms with Crippen LogP contribution in [-0.4, -0.2) is 18.4 Å². The Kier molecular flexibility index (Phi) is 5.15. The summed E-state index contributed by atoms with van der Waals surface area (Å²) in [5.41, 5.74) is 5.13. The molecular weight excluding hydrogens is 284 g/mol. The lowest BCUT2D eigenvalue weighted by Crippen LogP contribution is -2.20. The van der Waals surface area contributed by atoms with Gasteiger partial charge in [0.2, 0.25) is 0 Å². The number of benzene rings is 1. The highest BCUT2D eigenvalue weighted by atomic mass is 79.9. The Hall–Kier alpha value is -1.36. The molecule has 1 amide bonds. The first-order valence-electron chi connectivity index (χ1n) is 5.28. The second-order valence-corrected chi connectivity index (χ2v) is 4.37. The van der Waals surface area contributed by atoms with Crippen LogP contribution in [0.5, 0.6) is 0 Å². The second kappa shape index (κ2) is 6.39. The maximum atomic E-state index is 11.1. The molecule has 0 saturated heterocycles. The molecule has 1 aromatic rings. The molecule has 0 aromatic heterocycles. The van der Waals surface area contributed by atoms with E-state index in [1.165, 1.54) is 0 Å². The molecule has 0 spiro atoms. The average Bonchev–Trinajstić information content (AvgIpc) is 2.29. The highest BCUT2D eigenvalue weighted by molar-refractivity contribution is 9.10. The van der Waals surface area contributed by atoms with Gasteiger partial charge in [-0.2, -0.15) is 5.10 Å². The number of hydrogen-bond acceptors (Lipinski definition) is 3. The molecule has 1 N–H and O–H groups in total. The van der Waals surface area contributed by atoms with Crippen molar-refractivity contribution in [2.45, 2.75) is 20.8 Å². The molecule has 0 aliphatic carbocycles. The van der Waals surface area contributed by atoms with E-state index < -0.39 is 6.09 Å². The molecule has 4 nitrogen and oxygen atoms in total. The van der Waals surface area contributed by atoms with E-state index >= 15 is 0 Å². The summed E-state index contributed by atoms with van der Waals surface area (Å²) < 4.78 is 5.65. The average molecular weight is 299 g/mol. The van der Waals surface area contributed by atoms with Gasteiger partial charge in [-0.15, -0.1) is 0 Å². The zero-order chi connectivity index (χ0) is 12.8. The molecule has 0 atom stereocenters. The number of nitrogens with one attached hydrogen (secondary N) is 1. The molecule has 0 radical (unpaired) electrons. The molecule has 0 heterocycles. The van der Waals surface area contributed by atoms with Gasteiger partial charge in [0.25, 0.3) is 0 Å². The van der Waals surface area contributed by atoms with Gasteiger partial charge in [0.05, 0.1) is 12.3 Å². The minimum absolute atomic E-state index is 0.328. The molecule has 1 aromatic carbocycles. The summed E-state index contributed by atoms with van der Waals surface area (Å²) in [7, 11) is 0. The van der Waals surface area contributed by atoms with E-state index in [2.05, 4.69) is 26.5 Å². The molecule has 0 unspecified atom stereocenters. The normalized spacial score (nSPS) is 11.2. The number of aryl methyl sites for hydroxylation is 1. The Morgan fingerprint density at radius 1 is 1.53 bits per heavy atom. The number of ether oxygens (including phenoxy) is 1. The topological polar surface area (TPSA) is 50.7 Å². The van der Waals surface area contributed by atoms with Crippen molar-refractivity contribution < 1.29 is 9.53 Å². The number of hydrogen-bond donors (Lipinski definition) is 1. The Labute approximate surface area is 109 Å². The Bertz CT molecular complexity index is 444. The first-order chi connectivity index (χ1) is 8.04. The Morgan fingerprint density at radius 3 is 2.88 bits per heavy atom. The number of hydrazone groups is 1. The predicted molar refractivity (Wildman–Crippen MR) is 71.2 cm³/mol. The Morgan fingerprint density at radius 2 is 2.24 bits per heavy atom. The smallest absolute Gasteiger partial charge is 0.427 e. The maximum absolute atomic E-state index is 11.1. The zero-order valence-corrected chi connectivity index (χ0v) is 11.7. The Balaban J connectivity index is 2.81. The van der Waals surface area contributed by atoms with Crippen LogP contribution in [0.2, 0.25) is 0 Å². The van der Waals surface area contributed by atoms with Crippen molar-refractivity contribution in [2.75, 3.05) is 6.61 Å². The number of rotatable bonds is 3. The molecule has 0 bridgehead atoms. The fourth-order valence-corrected chi connectivity index (χ4v) is 1.80. The minimum Gasteiger partial charge on any atom is -0.449 e. The van der Waals surface area contributed by atoms with E-state index in [-0.39, 0.29) is 0 Å². The summed E-state index contributed by atoms with van der Waals surface area (Å²) in [5, 5.41) is 3.98. The molecule has 17 heavy (non-hydrogen) atoms. The third-order valence-corrected chi connectivity index (χ3v) is 2.79. The van der Waals surface area contributed by atoms with Gasteiger partial charge in [0, 0.05) is 10.0 Å². The molecule has 0 aliphatic rings. The fraction of sp³-hybridized carbons (Fsp3) is 0.333. The van der Waals surface area contributed by atoms with Crippen LogP contribution in [0.4, 0.5) is 4.79 Å². The van der Waals surface area contributed by atoms with Crippen molar-refractivity contribution in [2.24, 2.45) is 5.10 Å². The van der Waals surface area contributed by atoms with Crippen LogP contribution in [0.1, 0.15) is 25.0 Å². The summed E-state index contributed by atoms with van der Waals surface area (Å²) in [5.74, 6) is 0. The minimum atomic E-state index is -0.546. The van der Waals surface area contributed by atoms with Gasteiger partial charge in [0.1, 0.15) is 0 Å². The van der Waals surface area contributed by atoms with Gasteiger partial charge < -0.3 is 4.74 Å². The summed E-state index contributed by atoms with van der Waals surface area (Å²) in [6, 6.07) is 5.95. The SMILES string of the molecule is CCOC(=O)NN=C(C)c1cc(C)ccc1Br. The molecule has 1 rings (SSSR count). The predicted octanol–water partition coefficient (Wildman–Crippen LogP) is 3.23. The van der Waals surface area contributed by atoms with Gasteiger partial charge in [0.15, 0.2) is 0 Å². The third kappa shape index (κ3) is 4.19. The van der Waals surface area contributed by atoms with Crippen LogP contribution < -0.4 is 5.43 Å². The maximum Gasteiger partial charge on any atom is 0.427 e. The summed E-state index contributed by atoms with van der Waals surface area (Å²) in [4.78, 5) is 11.1. The first kappa shape index (κ1) is 13.7. The summed E-state index contributed by atoms with van der Waals surface area (Å²) >= 11 is 3.44. The van der Waals surface area contributed by atoms with Crippen molar-refractivity contribution in [3.05, 3.63) is 33.8 Å². The van der Waals surface area contributed by atoms with E-state index in [1.54, 1.807) is 6.92 Å². The third-order valence-electron chi connectivity index (χ3n) is 2.10. The van der Waals surface area contributed by atoms with Crippen LogP contribution in [0.15, 0.2) is 27.8 Å². The highest BCUT2D eigenvalue weighted by Gasteiger charge is 2.05. The van der Waals surface area contributed by atoms with Gasteiger partial charge in [-0.1, -0.05) is 27.6 Å². The molecule has 92 valence electrons. The van der Waals surface area contributed by atoms with Crippen molar-refractivity contribution >= 4 is 27.7 Å². The van der Waals surface area contributed by atoms with Gasteiger partial charge in [-0.3, -0.25) is 0 Å². The number of carbonyl (C=O) groups is 1. The number of carbonyl (C=O) groups excluding carboxylic acids is 1. The van der Waals surface area contributed by atoms with E-state index in [0.717, 1.165) is 15.6 Å². The standard InChI is InChI=1S/C12H15BrN2O2/c1-4-17-12(16)15-14-9(3)10-7-8(2)5-6-11(10)13/h5-7H,4H2,1-3H3,(H,15,16). The van der Waals surface area contributed by atoms with Crippen LogP contribution >= 0.6 is 15.9 Å². The molecule has 0 aliphatic heterocycles. The second-order valence-electron chi connectivity index (χ2n) is 3.51. The van der Waals surface area contributed by atoms with Crippen molar-refractivity contribution in [1.29, 1.82) is 0 Å². The highest BCUT2D eigenvalue weighted by Crippen LogP contribution is 2.18. The lowest BCUT2D eigenvalue weighted by molar-refractivity contribution is 0.152. The quantitative estimate of drug-likeness (QED) is 0.688. The number of nitrogens with zero attached hydrogens (tertiary/aromatic N) is 1. The number of amides is 1. The fourth-order valence-electron chi connectivity index (χ4n) is 1.27. The molecule has 0 saturated carbocycles. The van der Waals surface area contributed by atoms with Gasteiger partial charge in [-0.25, -0.2) is 10.2 Å². The van der Waals surface area contributed by atoms with Crippen LogP contribution in [0.25, 0.3) is 0 Å². The van der Waals surface area contributed by atoms with Crippen LogP contribution in [0, 0.1) is 6.92 Å². The largest absolute Gasteiger partial charge is 0.449 e. The van der Waals surface area contributed by atoms with Gasteiger partial charge >= 0.3 is 6.09 Å². The van der Waals surface area contributed by atoms with Crippen molar-refractivity contribution in [3.63, 3.8) is 0 Å². The molecule has 5 heteroatoms. The summed E-state index contributed by atoms with van der Waals surface area (Å²) in [6.45, 7) is 5.90. The van der Waals surface area contributed by atoms with Crippen molar-refractivity contribution in [3.8, 4) is 0 Å². The molecular formula is C12H15BrN2O2. The van der Waals surface area contributed by atoms with E-state index in [0.29, 0.717) is 12.3 Å². The summed E-state index contributed by atoms with van der Waals surface area (Å²) in [6.07, 6.45) is -0.546. The molecule has 0 fully saturated rings. The monoisotopic (exact) mass is 298 g/mol. The van der Waals surface area contributed by atoms with Crippen molar-refractivity contribution in [1.82, 2.24) is 5.43 Å². The first-order valence-corrected chi connectivity index (χ1v) is 6.07. The van der Waals surface area contributed by atoms with Crippen LogP contribution in [-0.2, 0) is 4.74 Å². The lowest BCUT2D eigenvalue weighted by Gasteiger charge is -2.06. The van der Waals surface area contributed by atoms with Crippen LogP contribution in [0.3, 0.4) is 0 Å². The van der Waals surface area contributed by atoms with E-state index in [1.807, 2.05) is 32.0 Å². The van der Waals surface area contributed by atoms with E-state index in [9.17, 15) is 4.79 Å². The zero-order valence-electron chi connectivity index (χ0n) is 10.1. The number of halogens is 1. The van der Waals surface area contributed by atoms with E-state index in [4.69, 9.17) is 4.74 Å². The van der Waals surface area contributed by atoms with Gasteiger partial charge in [-0.05, 0) is 32.9 Å².